The van der Waals surface area contributed by atoms with Crippen LogP contribution >= 0.6 is 0 Å². The molecule has 2 heterocycles. The third-order valence-electron chi connectivity index (χ3n) is 3.07. The Morgan fingerprint density at radius 3 is 2.54 bits per heavy atom. The Bertz CT molecular complexity index is 335. The van der Waals surface area contributed by atoms with Gasteiger partial charge in [0.05, 0.1) is 5.75 Å². The summed E-state index contributed by atoms with van der Waals surface area (Å²) in [7, 11) is -3.18. The third kappa shape index (κ3) is 1.10. The maximum Gasteiger partial charge on any atom is 0.241 e. The van der Waals surface area contributed by atoms with Crippen molar-refractivity contribution in [1.29, 1.82) is 0 Å². The van der Waals surface area contributed by atoms with Gasteiger partial charge in [-0.1, -0.05) is 6.42 Å². The van der Waals surface area contributed by atoms with Gasteiger partial charge in [-0.05, 0) is 19.3 Å². The van der Waals surface area contributed by atoms with Gasteiger partial charge in [0.1, 0.15) is 0 Å². The highest BCUT2D eigenvalue weighted by atomic mass is 32.2. The number of carbonyl (C=O) groups excluding carboxylic acids is 1. The first-order chi connectivity index (χ1) is 6.08. The molecule has 1 N–H and O–H groups in total. The van der Waals surface area contributed by atoms with Gasteiger partial charge >= 0.3 is 0 Å². The molecule has 2 fully saturated rings. The summed E-state index contributed by atoms with van der Waals surface area (Å²) in [6, 6.07) is 0. The Morgan fingerprint density at radius 2 is 2.00 bits per heavy atom. The van der Waals surface area contributed by atoms with Gasteiger partial charge in [-0.2, -0.15) is 0 Å². The molecule has 0 bridgehead atoms. The zero-order valence-electron chi connectivity index (χ0n) is 7.38. The highest BCUT2D eigenvalue weighted by molar-refractivity contribution is 7.93. The molecular formula is C8H13NO3S. The predicted octanol–water partition coefficient (Wildman–Crippen LogP) is -0.156. The van der Waals surface area contributed by atoms with Crippen molar-refractivity contribution in [2.24, 2.45) is 0 Å². The van der Waals surface area contributed by atoms with Crippen LogP contribution in [0.1, 0.15) is 25.7 Å². The lowest BCUT2D eigenvalue weighted by atomic mass is 9.99. The van der Waals surface area contributed by atoms with Gasteiger partial charge in [-0.15, -0.1) is 0 Å². The molecule has 74 valence electrons. The fourth-order valence-electron chi connectivity index (χ4n) is 2.24. The lowest BCUT2D eigenvalue weighted by Crippen LogP contribution is -2.48. The van der Waals surface area contributed by atoms with Gasteiger partial charge in [0, 0.05) is 6.54 Å². The number of rotatable bonds is 0. The zero-order valence-corrected chi connectivity index (χ0v) is 8.19. The van der Waals surface area contributed by atoms with Crippen molar-refractivity contribution in [3.63, 3.8) is 0 Å². The first-order valence-corrected chi connectivity index (χ1v) is 6.24. The Labute approximate surface area is 77.6 Å². The topological polar surface area (TPSA) is 63.2 Å². The molecule has 2 saturated heterocycles. The standard InChI is InChI=1S/C8H13NO3S/c10-7-8(4-5-9-7)3-1-2-6-13(8,11)12/h1-6H2,(H,9,10). The summed E-state index contributed by atoms with van der Waals surface area (Å²) in [5, 5.41) is 2.62. The van der Waals surface area contributed by atoms with E-state index in [0.717, 1.165) is 6.42 Å². The van der Waals surface area contributed by atoms with E-state index < -0.39 is 14.6 Å². The average molecular weight is 203 g/mol. The van der Waals surface area contributed by atoms with E-state index in [1.807, 2.05) is 0 Å². The summed E-state index contributed by atoms with van der Waals surface area (Å²) >= 11 is 0. The van der Waals surface area contributed by atoms with Crippen LogP contribution in [-0.2, 0) is 14.6 Å². The van der Waals surface area contributed by atoms with Crippen LogP contribution in [0, 0.1) is 0 Å². The second-order valence-corrected chi connectivity index (χ2v) is 6.20. The summed E-state index contributed by atoms with van der Waals surface area (Å²) in [5.41, 5.74) is 0. The van der Waals surface area contributed by atoms with Gasteiger partial charge in [-0.25, -0.2) is 8.42 Å². The monoisotopic (exact) mass is 203 g/mol. The van der Waals surface area contributed by atoms with E-state index in [4.69, 9.17) is 0 Å². The van der Waals surface area contributed by atoms with Gasteiger partial charge in [0.15, 0.2) is 14.6 Å². The summed E-state index contributed by atoms with van der Waals surface area (Å²) in [6.45, 7) is 0.512. The minimum absolute atomic E-state index is 0.181. The van der Waals surface area contributed by atoms with Crippen molar-refractivity contribution in [2.45, 2.75) is 30.4 Å². The molecule has 4 nitrogen and oxygen atoms in total. The zero-order chi connectivity index (χ0) is 9.53. The van der Waals surface area contributed by atoms with E-state index in [1.54, 1.807) is 0 Å². The maximum atomic E-state index is 11.8. The average Bonchev–Trinajstić information content (AvgIpc) is 2.41. The molecule has 0 aromatic carbocycles. The molecule has 2 rings (SSSR count). The van der Waals surface area contributed by atoms with E-state index >= 15 is 0 Å². The van der Waals surface area contributed by atoms with Crippen LogP contribution in [0.3, 0.4) is 0 Å². The largest absolute Gasteiger partial charge is 0.355 e. The molecule has 1 unspecified atom stereocenters. The lowest BCUT2D eigenvalue weighted by Gasteiger charge is -2.29. The number of carbonyl (C=O) groups is 1. The minimum atomic E-state index is -3.18. The van der Waals surface area contributed by atoms with E-state index in [0.29, 0.717) is 25.8 Å². The first-order valence-electron chi connectivity index (χ1n) is 4.59. The Kier molecular flexibility index (Phi) is 1.87. The molecule has 1 atom stereocenters. The van der Waals surface area contributed by atoms with E-state index in [2.05, 4.69) is 5.32 Å². The van der Waals surface area contributed by atoms with Crippen LogP contribution in [-0.4, -0.2) is 31.4 Å². The molecule has 2 aliphatic rings. The summed E-state index contributed by atoms with van der Waals surface area (Å²) in [6.07, 6.45) is 2.54. The van der Waals surface area contributed by atoms with Gasteiger partial charge in [0.2, 0.25) is 5.91 Å². The normalized spacial score (nSPS) is 37.7. The SMILES string of the molecule is O=C1NCCC12CCCCS2(=O)=O. The maximum absolute atomic E-state index is 11.8. The van der Waals surface area contributed by atoms with Crippen molar-refractivity contribution in [3.05, 3.63) is 0 Å². The first kappa shape index (κ1) is 8.99. The van der Waals surface area contributed by atoms with Gasteiger partial charge < -0.3 is 5.32 Å². The number of sulfone groups is 1. The summed E-state index contributed by atoms with van der Waals surface area (Å²) in [4.78, 5) is 11.5. The summed E-state index contributed by atoms with van der Waals surface area (Å²) < 4.78 is 22.5. The smallest absolute Gasteiger partial charge is 0.241 e. The number of hydrogen-bond donors (Lipinski definition) is 1. The second-order valence-electron chi connectivity index (χ2n) is 3.78. The molecule has 2 aliphatic heterocycles. The second kappa shape index (κ2) is 2.70. The van der Waals surface area contributed by atoms with Crippen molar-refractivity contribution in [1.82, 2.24) is 5.32 Å². The molecule has 0 aliphatic carbocycles. The Morgan fingerprint density at radius 1 is 1.23 bits per heavy atom. The predicted molar refractivity (Wildman–Crippen MR) is 48.0 cm³/mol. The van der Waals surface area contributed by atoms with E-state index in [1.165, 1.54) is 0 Å². The molecule has 1 spiro atoms. The van der Waals surface area contributed by atoms with Crippen LogP contribution in [0.4, 0.5) is 0 Å². The fraction of sp³-hybridized carbons (Fsp3) is 0.875. The van der Waals surface area contributed by atoms with Crippen LogP contribution in [0.5, 0.6) is 0 Å². The van der Waals surface area contributed by atoms with E-state index in [9.17, 15) is 13.2 Å². The number of amides is 1. The van der Waals surface area contributed by atoms with Crippen LogP contribution in [0.25, 0.3) is 0 Å². The molecular weight excluding hydrogens is 190 g/mol. The molecule has 0 aromatic heterocycles. The number of nitrogens with one attached hydrogen (secondary N) is 1. The molecule has 0 radical (unpaired) electrons. The van der Waals surface area contributed by atoms with Crippen molar-refractivity contribution < 1.29 is 13.2 Å². The van der Waals surface area contributed by atoms with Crippen molar-refractivity contribution >= 4 is 15.7 Å². The van der Waals surface area contributed by atoms with Crippen LogP contribution < -0.4 is 5.32 Å². The van der Waals surface area contributed by atoms with Crippen molar-refractivity contribution in [2.75, 3.05) is 12.3 Å². The van der Waals surface area contributed by atoms with Gasteiger partial charge in [0.25, 0.3) is 0 Å². The highest BCUT2D eigenvalue weighted by Gasteiger charge is 2.53. The molecule has 13 heavy (non-hydrogen) atoms. The Hall–Kier alpha value is -0.580. The lowest BCUT2D eigenvalue weighted by molar-refractivity contribution is -0.121. The van der Waals surface area contributed by atoms with Crippen LogP contribution in [0.15, 0.2) is 0 Å². The van der Waals surface area contributed by atoms with Crippen LogP contribution in [0.2, 0.25) is 0 Å². The highest BCUT2D eigenvalue weighted by Crippen LogP contribution is 2.36. The molecule has 1 amide bonds. The summed E-state index contributed by atoms with van der Waals surface area (Å²) in [5.74, 6) is -0.0901. The molecule has 5 heteroatoms. The fourth-order valence-corrected chi connectivity index (χ4v) is 4.44. The molecule has 0 aromatic rings. The quantitative estimate of drug-likeness (QED) is 0.595. The van der Waals surface area contributed by atoms with E-state index in [-0.39, 0.29) is 11.7 Å². The van der Waals surface area contributed by atoms with Gasteiger partial charge in [-0.3, -0.25) is 4.79 Å². The Balaban J connectivity index is 2.44. The van der Waals surface area contributed by atoms with Crippen molar-refractivity contribution in [3.8, 4) is 0 Å². The third-order valence-corrected chi connectivity index (χ3v) is 5.68. The number of hydrogen-bond acceptors (Lipinski definition) is 3. The molecule has 0 saturated carbocycles. The minimum Gasteiger partial charge on any atom is -0.355 e.